The number of carbonyl (C=O) groups excluding carboxylic acids is 2. The fourth-order valence-electron chi connectivity index (χ4n) is 8.04. The molecular formula is C24H32O6. The van der Waals surface area contributed by atoms with Crippen LogP contribution >= 0.6 is 0 Å². The molecule has 3 saturated carbocycles. The number of Topliss-reactive ketones (excluding diaryl/α,β-unsaturated/α-hetero) is 1. The molecule has 5 rings (SSSR count). The number of allylic oxidation sites excluding steroid dienone is 4. The summed E-state index contributed by atoms with van der Waals surface area (Å²) < 4.78 is 12.6. The van der Waals surface area contributed by atoms with Crippen molar-refractivity contribution >= 4 is 11.6 Å². The third kappa shape index (κ3) is 2.34. The summed E-state index contributed by atoms with van der Waals surface area (Å²) in [4.78, 5) is 25.1. The molecule has 0 spiro atoms. The molecule has 0 aromatic carbocycles. The van der Waals surface area contributed by atoms with E-state index in [-0.39, 0.29) is 34.7 Å². The van der Waals surface area contributed by atoms with Crippen LogP contribution < -0.4 is 0 Å². The molecule has 0 aromatic rings. The molecule has 164 valence electrons. The van der Waals surface area contributed by atoms with Crippen LogP contribution in [-0.2, 0) is 19.1 Å². The van der Waals surface area contributed by atoms with Gasteiger partial charge < -0.3 is 19.7 Å². The molecule has 1 heterocycles. The second-order valence-corrected chi connectivity index (χ2v) is 10.9. The number of rotatable bonds is 2. The summed E-state index contributed by atoms with van der Waals surface area (Å²) in [6.07, 6.45) is 7.04. The van der Waals surface area contributed by atoms with Gasteiger partial charge in [-0.1, -0.05) is 25.5 Å². The fourth-order valence-corrected chi connectivity index (χ4v) is 8.04. The van der Waals surface area contributed by atoms with Crippen molar-refractivity contribution in [2.45, 2.75) is 77.0 Å². The Balaban J connectivity index is 1.59. The minimum absolute atomic E-state index is 0.0167. The summed E-state index contributed by atoms with van der Waals surface area (Å²) in [7, 11) is 0. The van der Waals surface area contributed by atoms with Crippen LogP contribution in [0.4, 0.5) is 0 Å². The van der Waals surface area contributed by atoms with Crippen molar-refractivity contribution in [3.05, 3.63) is 23.8 Å². The van der Waals surface area contributed by atoms with Crippen molar-refractivity contribution in [3.8, 4) is 0 Å². The lowest BCUT2D eigenvalue weighted by Crippen LogP contribution is -2.63. The first-order chi connectivity index (χ1) is 14.0. The van der Waals surface area contributed by atoms with Crippen molar-refractivity contribution in [2.75, 3.05) is 6.61 Å². The average molecular weight is 417 g/mol. The number of hydrogen-bond acceptors (Lipinski definition) is 6. The smallest absolute Gasteiger partial charge is 0.193 e. The molecule has 0 unspecified atom stereocenters. The predicted octanol–water partition coefficient (Wildman–Crippen LogP) is 2.33. The molecule has 1 saturated heterocycles. The summed E-state index contributed by atoms with van der Waals surface area (Å²) in [5.74, 6) is -0.947. The van der Waals surface area contributed by atoms with Gasteiger partial charge in [-0.15, -0.1) is 0 Å². The highest BCUT2D eigenvalue weighted by atomic mass is 16.8. The quantitative estimate of drug-likeness (QED) is 0.718. The van der Waals surface area contributed by atoms with Crippen LogP contribution in [-0.4, -0.2) is 52.0 Å². The van der Waals surface area contributed by atoms with E-state index in [9.17, 15) is 19.8 Å². The van der Waals surface area contributed by atoms with Gasteiger partial charge in [0.15, 0.2) is 23.0 Å². The van der Waals surface area contributed by atoms with Gasteiger partial charge in [-0.05, 0) is 63.5 Å². The monoisotopic (exact) mass is 416 g/mol. The Labute approximate surface area is 177 Å². The lowest BCUT2D eigenvalue weighted by molar-refractivity contribution is -0.225. The van der Waals surface area contributed by atoms with Gasteiger partial charge in [0.05, 0.1) is 12.2 Å². The van der Waals surface area contributed by atoms with E-state index in [1.54, 1.807) is 26.0 Å². The zero-order valence-electron chi connectivity index (χ0n) is 18.2. The van der Waals surface area contributed by atoms with Crippen molar-refractivity contribution < 1.29 is 29.3 Å². The largest absolute Gasteiger partial charge is 0.393 e. The molecule has 4 fully saturated rings. The zero-order valence-corrected chi connectivity index (χ0v) is 18.2. The van der Waals surface area contributed by atoms with Crippen LogP contribution in [0.1, 0.15) is 53.4 Å². The minimum Gasteiger partial charge on any atom is -0.393 e. The number of aliphatic hydroxyl groups is 2. The van der Waals surface area contributed by atoms with E-state index < -0.39 is 35.6 Å². The maximum absolute atomic E-state index is 13.2. The standard InChI is InChI=1S/C24H32O6/c1-21(2)29-19-10-16-15-6-5-13-9-14(26)7-8-22(13,3)20(15)17(27)11-23(16,4)24(19,30-21)18(28)12-25/h7-9,15-17,19-20,25,27H,5-6,10-12H2,1-4H3/t15-,16-,17-,19-,20+,22-,23-,24+/m0/s1. The molecule has 30 heavy (non-hydrogen) atoms. The lowest BCUT2D eigenvalue weighted by atomic mass is 9.46. The maximum Gasteiger partial charge on any atom is 0.193 e. The lowest BCUT2D eigenvalue weighted by Gasteiger charge is -2.59. The Morgan fingerprint density at radius 1 is 1.27 bits per heavy atom. The van der Waals surface area contributed by atoms with Gasteiger partial charge in [-0.25, -0.2) is 0 Å². The number of hydrogen-bond donors (Lipinski definition) is 2. The Kier molecular flexibility index (Phi) is 4.20. The van der Waals surface area contributed by atoms with E-state index in [2.05, 4.69) is 6.92 Å². The Morgan fingerprint density at radius 3 is 2.70 bits per heavy atom. The average Bonchev–Trinajstić information content (AvgIpc) is 3.07. The third-order valence-corrected chi connectivity index (χ3v) is 9.05. The third-order valence-electron chi connectivity index (χ3n) is 9.05. The number of carbonyl (C=O) groups is 2. The summed E-state index contributed by atoms with van der Waals surface area (Å²) in [6, 6.07) is 0. The summed E-state index contributed by atoms with van der Waals surface area (Å²) >= 11 is 0. The summed E-state index contributed by atoms with van der Waals surface area (Å²) in [6.45, 7) is 7.19. The Hall–Kier alpha value is -1.34. The van der Waals surface area contributed by atoms with Gasteiger partial charge >= 0.3 is 0 Å². The molecule has 2 N–H and O–H groups in total. The number of ether oxygens (including phenoxy) is 2. The molecule has 8 atom stereocenters. The summed E-state index contributed by atoms with van der Waals surface area (Å²) in [5, 5.41) is 21.3. The molecule has 0 aromatic heterocycles. The van der Waals surface area contributed by atoms with E-state index in [1.165, 1.54) is 0 Å². The van der Waals surface area contributed by atoms with Crippen molar-refractivity contribution in [2.24, 2.45) is 28.6 Å². The zero-order chi connectivity index (χ0) is 21.7. The van der Waals surface area contributed by atoms with Gasteiger partial charge in [0.1, 0.15) is 6.61 Å². The van der Waals surface area contributed by atoms with Gasteiger partial charge in [0.25, 0.3) is 0 Å². The van der Waals surface area contributed by atoms with Gasteiger partial charge in [-0.3, -0.25) is 9.59 Å². The van der Waals surface area contributed by atoms with E-state index in [4.69, 9.17) is 9.47 Å². The molecule has 5 aliphatic rings. The van der Waals surface area contributed by atoms with Crippen LogP contribution in [0, 0.1) is 28.6 Å². The second-order valence-electron chi connectivity index (χ2n) is 10.9. The molecule has 0 amide bonds. The first-order valence-corrected chi connectivity index (χ1v) is 11.1. The second kappa shape index (κ2) is 6.12. The Morgan fingerprint density at radius 2 is 2.00 bits per heavy atom. The van der Waals surface area contributed by atoms with Gasteiger partial charge in [-0.2, -0.15) is 0 Å². The predicted molar refractivity (Wildman–Crippen MR) is 108 cm³/mol. The molecular weight excluding hydrogens is 384 g/mol. The van der Waals surface area contributed by atoms with Crippen LogP contribution in [0.5, 0.6) is 0 Å². The molecule has 4 aliphatic carbocycles. The van der Waals surface area contributed by atoms with E-state index in [1.807, 2.05) is 13.0 Å². The molecule has 0 bridgehead atoms. The van der Waals surface area contributed by atoms with E-state index >= 15 is 0 Å². The highest BCUT2D eigenvalue weighted by molar-refractivity contribution is 6.01. The maximum atomic E-state index is 13.2. The van der Waals surface area contributed by atoms with Crippen LogP contribution in [0.25, 0.3) is 0 Å². The van der Waals surface area contributed by atoms with Crippen LogP contribution in [0.15, 0.2) is 23.8 Å². The highest BCUT2D eigenvalue weighted by Crippen LogP contribution is 2.70. The normalized spacial score (nSPS) is 50.9. The van der Waals surface area contributed by atoms with Gasteiger partial charge in [0.2, 0.25) is 0 Å². The molecule has 6 nitrogen and oxygen atoms in total. The molecule has 0 radical (unpaired) electrons. The van der Waals surface area contributed by atoms with Crippen molar-refractivity contribution in [3.63, 3.8) is 0 Å². The minimum atomic E-state index is -1.24. The van der Waals surface area contributed by atoms with Crippen LogP contribution in [0.2, 0.25) is 0 Å². The number of fused-ring (bicyclic) bond motifs is 7. The number of aliphatic hydroxyl groups excluding tert-OH is 2. The first-order valence-electron chi connectivity index (χ1n) is 11.1. The molecule has 1 aliphatic heterocycles. The van der Waals surface area contributed by atoms with Crippen molar-refractivity contribution in [1.29, 1.82) is 0 Å². The van der Waals surface area contributed by atoms with Crippen molar-refractivity contribution in [1.82, 2.24) is 0 Å². The number of ketones is 2. The van der Waals surface area contributed by atoms with Crippen LogP contribution in [0.3, 0.4) is 0 Å². The van der Waals surface area contributed by atoms with E-state index in [0.29, 0.717) is 12.8 Å². The SMILES string of the molecule is CC1(C)O[C@H]2C[C@H]3[C@@H]4CCC5=CC(=O)C=C[C@]5(C)[C@H]4[C@@H](O)C[C@]3(C)[C@]2(C(=O)CO)O1. The van der Waals surface area contributed by atoms with E-state index in [0.717, 1.165) is 18.4 Å². The Bertz CT molecular complexity index is 873. The molecule has 6 heteroatoms. The van der Waals surface area contributed by atoms with Gasteiger partial charge in [0, 0.05) is 16.7 Å². The summed E-state index contributed by atoms with van der Waals surface area (Å²) in [5.41, 5.74) is -1.12. The fraction of sp³-hybridized carbons (Fsp3) is 0.750. The highest BCUT2D eigenvalue weighted by Gasteiger charge is 2.76. The topological polar surface area (TPSA) is 93.1 Å². The first kappa shape index (κ1) is 20.6.